The number of aromatic nitrogens is 2. The van der Waals surface area contributed by atoms with Crippen molar-refractivity contribution in [1.29, 1.82) is 0 Å². The Morgan fingerprint density at radius 3 is 2.33 bits per heavy atom. The molecule has 0 bridgehead atoms. The fraction of sp³-hybridized carbons (Fsp3) is 0.174. The topological polar surface area (TPSA) is 79.7 Å². The number of hydrogen-bond acceptors (Lipinski definition) is 6. The number of nitrogens with zero attached hydrogens (tertiary/aromatic N) is 2. The van der Waals surface area contributed by atoms with Gasteiger partial charge in [-0.3, -0.25) is 0 Å². The molecule has 1 heterocycles. The SMILES string of the molecule is C=CCc1cc(-c2nn(-c3ccccc3)c(C(=O)OC)c2C(=O)OC)ccc1OC. The van der Waals surface area contributed by atoms with Gasteiger partial charge in [-0.15, -0.1) is 6.58 Å². The summed E-state index contributed by atoms with van der Waals surface area (Å²) in [6.07, 6.45) is 2.32. The molecule has 0 amide bonds. The summed E-state index contributed by atoms with van der Waals surface area (Å²) in [5.74, 6) is -0.694. The number of carbonyl (C=O) groups is 2. The van der Waals surface area contributed by atoms with Crippen molar-refractivity contribution in [1.82, 2.24) is 9.78 Å². The predicted molar refractivity (Wildman–Crippen MR) is 112 cm³/mol. The van der Waals surface area contributed by atoms with Crippen LogP contribution in [0.25, 0.3) is 16.9 Å². The van der Waals surface area contributed by atoms with Gasteiger partial charge in [-0.2, -0.15) is 5.10 Å². The summed E-state index contributed by atoms with van der Waals surface area (Å²) in [7, 11) is 4.09. The van der Waals surface area contributed by atoms with Crippen molar-refractivity contribution in [2.24, 2.45) is 0 Å². The zero-order chi connectivity index (χ0) is 21.7. The molecule has 7 heteroatoms. The molecule has 0 saturated heterocycles. The lowest BCUT2D eigenvalue weighted by atomic mass is 10.0. The van der Waals surface area contributed by atoms with Gasteiger partial charge < -0.3 is 14.2 Å². The summed E-state index contributed by atoms with van der Waals surface area (Å²) < 4.78 is 16.7. The second-order valence-corrected chi connectivity index (χ2v) is 6.32. The molecule has 3 aromatic rings. The zero-order valence-electron chi connectivity index (χ0n) is 17.0. The van der Waals surface area contributed by atoms with E-state index >= 15 is 0 Å². The van der Waals surface area contributed by atoms with E-state index in [1.807, 2.05) is 24.3 Å². The first-order valence-electron chi connectivity index (χ1n) is 9.18. The van der Waals surface area contributed by atoms with Crippen molar-refractivity contribution in [3.63, 3.8) is 0 Å². The van der Waals surface area contributed by atoms with E-state index in [-0.39, 0.29) is 11.3 Å². The molecule has 0 aliphatic rings. The molecule has 154 valence electrons. The number of hydrogen-bond donors (Lipinski definition) is 0. The Morgan fingerprint density at radius 1 is 1.03 bits per heavy atom. The van der Waals surface area contributed by atoms with Crippen LogP contribution in [0.15, 0.2) is 61.2 Å². The van der Waals surface area contributed by atoms with Gasteiger partial charge in [0.25, 0.3) is 0 Å². The first-order valence-corrected chi connectivity index (χ1v) is 9.18. The van der Waals surface area contributed by atoms with Gasteiger partial charge >= 0.3 is 11.9 Å². The molecule has 2 aromatic carbocycles. The Hall–Kier alpha value is -3.87. The molecule has 0 atom stereocenters. The number of esters is 2. The zero-order valence-corrected chi connectivity index (χ0v) is 17.0. The van der Waals surface area contributed by atoms with Gasteiger partial charge in [0.2, 0.25) is 0 Å². The highest BCUT2D eigenvalue weighted by Gasteiger charge is 2.31. The van der Waals surface area contributed by atoms with Crippen LogP contribution in [0.4, 0.5) is 0 Å². The van der Waals surface area contributed by atoms with Gasteiger partial charge in [0.1, 0.15) is 17.0 Å². The molecular formula is C23H22N2O5. The highest BCUT2D eigenvalue weighted by Crippen LogP contribution is 2.32. The maximum Gasteiger partial charge on any atom is 0.357 e. The average Bonchev–Trinajstić information content (AvgIpc) is 3.19. The summed E-state index contributed by atoms with van der Waals surface area (Å²) >= 11 is 0. The number of benzene rings is 2. The van der Waals surface area contributed by atoms with Crippen LogP contribution in [-0.2, 0) is 15.9 Å². The van der Waals surface area contributed by atoms with Crippen LogP contribution in [-0.4, -0.2) is 43.0 Å². The fourth-order valence-electron chi connectivity index (χ4n) is 3.20. The first-order chi connectivity index (χ1) is 14.5. The van der Waals surface area contributed by atoms with Crippen molar-refractivity contribution in [2.45, 2.75) is 6.42 Å². The Kier molecular flexibility index (Phi) is 6.32. The third kappa shape index (κ3) is 3.82. The summed E-state index contributed by atoms with van der Waals surface area (Å²) in [4.78, 5) is 25.3. The Bertz CT molecular complexity index is 1090. The molecule has 0 N–H and O–H groups in total. The lowest BCUT2D eigenvalue weighted by Crippen LogP contribution is -2.15. The maximum absolute atomic E-state index is 12.7. The molecule has 7 nitrogen and oxygen atoms in total. The molecule has 30 heavy (non-hydrogen) atoms. The molecule has 0 radical (unpaired) electrons. The number of carbonyl (C=O) groups excluding carboxylic acids is 2. The van der Waals surface area contributed by atoms with Gasteiger partial charge in [-0.1, -0.05) is 24.3 Å². The van der Waals surface area contributed by atoms with Crippen molar-refractivity contribution >= 4 is 11.9 Å². The third-order valence-electron chi connectivity index (χ3n) is 4.57. The van der Waals surface area contributed by atoms with Gasteiger partial charge in [0.05, 0.1) is 27.0 Å². The molecule has 3 rings (SSSR count). The molecular weight excluding hydrogens is 384 g/mol. The summed E-state index contributed by atoms with van der Waals surface area (Å²) in [6.45, 7) is 3.77. The number of allylic oxidation sites excluding steroid dienone is 1. The van der Waals surface area contributed by atoms with Crippen molar-refractivity contribution in [3.05, 3.63) is 78.0 Å². The number of rotatable bonds is 7. The van der Waals surface area contributed by atoms with Gasteiger partial charge in [0, 0.05) is 5.56 Å². The second-order valence-electron chi connectivity index (χ2n) is 6.32. The van der Waals surface area contributed by atoms with Crippen molar-refractivity contribution in [2.75, 3.05) is 21.3 Å². The molecule has 0 fully saturated rings. The number of para-hydroxylation sites is 1. The van der Waals surface area contributed by atoms with E-state index in [4.69, 9.17) is 14.2 Å². The van der Waals surface area contributed by atoms with Crippen LogP contribution in [0, 0.1) is 0 Å². The lowest BCUT2D eigenvalue weighted by Gasteiger charge is -2.09. The molecule has 0 spiro atoms. The maximum atomic E-state index is 12.7. The third-order valence-corrected chi connectivity index (χ3v) is 4.57. The van der Waals surface area contributed by atoms with Crippen molar-refractivity contribution in [3.8, 4) is 22.7 Å². The minimum absolute atomic E-state index is 0.00774. The van der Waals surface area contributed by atoms with E-state index in [0.29, 0.717) is 29.1 Å². The van der Waals surface area contributed by atoms with E-state index < -0.39 is 11.9 Å². The number of ether oxygens (including phenoxy) is 3. The van der Waals surface area contributed by atoms with Crippen LogP contribution < -0.4 is 4.74 Å². The Labute approximate surface area is 174 Å². The quantitative estimate of drug-likeness (QED) is 0.438. The van der Waals surface area contributed by atoms with Crippen molar-refractivity contribution < 1.29 is 23.8 Å². The van der Waals surface area contributed by atoms with E-state index in [1.54, 1.807) is 37.5 Å². The molecule has 1 aromatic heterocycles. The van der Waals surface area contributed by atoms with E-state index in [1.165, 1.54) is 18.9 Å². The largest absolute Gasteiger partial charge is 0.496 e. The monoisotopic (exact) mass is 406 g/mol. The first kappa shape index (κ1) is 20.9. The van der Waals surface area contributed by atoms with Gasteiger partial charge in [-0.05, 0) is 42.3 Å². The minimum atomic E-state index is -0.696. The summed E-state index contributed by atoms with van der Waals surface area (Å²) in [6, 6.07) is 14.4. The Morgan fingerprint density at radius 2 is 1.73 bits per heavy atom. The summed E-state index contributed by atoms with van der Waals surface area (Å²) in [5.41, 5.74) is 2.44. The molecule has 0 aliphatic carbocycles. The minimum Gasteiger partial charge on any atom is -0.496 e. The van der Waals surface area contributed by atoms with E-state index in [9.17, 15) is 9.59 Å². The van der Waals surface area contributed by atoms with Gasteiger partial charge in [-0.25, -0.2) is 14.3 Å². The highest BCUT2D eigenvalue weighted by atomic mass is 16.5. The van der Waals surface area contributed by atoms with Gasteiger partial charge in [0.15, 0.2) is 5.69 Å². The average molecular weight is 406 g/mol. The molecule has 0 saturated carbocycles. The van der Waals surface area contributed by atoms with Crippen LogP contribution >= 0.6 is 0 Å². The molecule has 0 unspecified atom stereocenters. The van der Waals surface area contributed by atoms with Crippen LogP contribution in [0.1, 0.15) is 26.4 Å². The fourth-order valence-corrected chi connectivity index (χ4v) is 3.20. The van der Waals surface area contributed by atoms with E-state index in [0.717, 1.165) is 5.56 Å². The summed E-state index contributed by atoms with van der Waals surface area (Å²) in [5, 5.41) is 4.59. The normalized spacial score (nSPS) is 10.4. The van der Waals surface area contributed by atoms with Crippen LogP contribution in [0.3, 0.4) is 0 Å². The van der Waals surface area contributed by atoms with E-state index in [2.05, 4.69) is 11.7 Å². The lowest BCUT2D eigenvalue weighted by molar-refractivity contribution is 0.0549. The predicted octanol–water partition coefficient (Wildman–Crippen LogP) is 3.85. The number of methoxy groups -OCH3 is 3. The van der Waals surface area contributed by atoms with Crippen LogP contribution in [0.2, 0.25) is 0 Å². The second kappa shape index (κ2) is 9.09. The highest BCUT2D eigenvalue weighted by molar-refractivity contribution is 6.06. The molecule has 0 aliphatic heterocycles. The Balaban J connectivity index is 2.33. The smallest absolute Gasteiger partial charge is 0.357 e. The standard InChI is InChI=1S/C23H22N2O5/c1-5-9-15-14-16(12-13-18(15)28-2)20-19(22(26)29-3)21(23(27)30-4)25(24-20)17-10-7-6-8-11-17/h5-8,10-14H,1,9H2,2-4H3. The van der Waals surface area contributed by atoms with Crippen LogP contribution in [0.5, 0.6) is 5.75 Å².